The third-order valence-electron chi connectivity index (χ3n) is 3.76. The molecule has 1 unspecified atom stereocenters. The maximum atomic E-state index is 11.8. The van der Waals surface area contributed by atoms with E-state index in [1.807, 2.05) is 47.4 Å². The average Bonchev–Trinajstić information content (AvgIpc) is 2.51. The third kappa shape index (κ3) is 2.39. The van der Waals surface area contributed by atoms with E-state index in [4.69, 9.17) is 4.74 Å². The number of carbonyl (C=O) groups is 1. The van der Waals surface area contributed by atoms with Crippen LogP contribution in [0.5, 0.6) is 5.75 Å². The summed E-state index contributed by atoms with van der Waals surface area (Å²) in [5, 5.41) is 0. The highest BCUT2D eigenvalue weighted by molar-refractivity contribution is 5.83. The first-order valence-electron chi connectivity index (χ1n) is 6.75. The molecule has 0 N–H and O–H groups in total. The van der Waals surface area contributed by atoms with E-state index >= 15 is 0 Å². The molecule has 1 saturated heterocycles. The summed E-state index contributed by atoms with van der Waals surface area (Å²) in [6, 6.07) is 18.3. The molecule has 0 spiro atoms. The van der Waals surface area contributed by atoms with E-state index < -0.39 is 0 Å². The van der Waals surface area contributed by atoms with Crippen LogP contribution in [-0.2, 0) is 11.3 Å². The van der Waals surface area contributed by atoms with Gasteiger partial charge in [0.15, 0.2) is 0 Å². The number of likely N-dealkylation sites (tertiary alicyclic amines) is 1. The summed E-state index contributed by atoms with van der Waals surface area (Å²) in [6.07, 6.45) is 0.611. The molecule has 1 aliphatic rings. The number of ether oxygens (including phenoxy) is 1. The van der Waals surface area contributed by atoms with Gasteiger partial charge in [0.1, 0.15) is 5.75 Å². The molecule has 1 atom stereocenters. The molecule has 1 aliphatic heterocycles. The van der Waals surface area contributed by atoms with E-state index in [9.17, 15) is 4.79 Å². The lowest BCUT2D eigenvalue weighted by molar-refractivity contribution is -0.147. The monoisotopic (exact) mass is 267 g/mol. The van der Waals surface area contributed by atoms with Crippen molar-refractivity contribution in [2.75, 3.05) is 7.11 Å². The number of methoxy groups -OCH3 is 1. The molecule has 1 heterocycles. The largest absolute Gasteiger partial charge is 0.497 e. The maximum absolute atomic E-state index is 11.8. The molecule has 0 aliphatic carbocycles. The highest BCUT2D eigenvalue weighted by Crippen LogP contribution is 2.35. The number of β-lactam (4-membered cyclic amide) rings is 1. The van der Waals surface area contributed by atoms with Crippen molar-refractivity contribution in [1.82, 2.24) is 4.90 Å². The van der Waals surface area contributed by atoms with Crippen LogP contribution in [0.25, 0.3) is 0 Å². The molecule has 0 radical (unpaired) electrons. The van der Waals surface area contributed by atoms with Crippen molar-refractivity contribution in [3.63, 3.8) is 0 Å². The normalized spacial score (nSPS) is 17.8. The smallest absolute Gasteiger partial charge is 0.225 e. The zero-order valence-electron chi connectivity index (χ0n) is 11.5. The van der Waals surface area contributed by atoms with Crippen LogP contribution in [0.3, 0.4) is 0 Å². The molecule has 2 aromatic carbocycles. The Morgan fingerprint density at radius 2 is 1.80 bits per heavy atom. The van der Waals surface area contributed by atoms with Gasteiger partial charge in [-0.2, -0.15) is 0 Å². The Bertz CT molecular complexity index is 592. The van der Waals surface area contributed by atoms with Gasteiger partial charge in [0.2, 0.25) is 5.91 Å². The standard InChI is InChI=1S/C17H17NO2/c1-20-15-9-7-13(8-10-15)12-18-16(11-17(18)19)14-5-3-2-4-6-14/h2-10,16H,11-12H2,1H3. The number of carbonyl (C=O) groups excluding carboxylic acids is 1. The minimum atomic E-state index is 0.214. The number of hydrogen-bond acceptors (Lipinski definition) is 2. The van der Waals surface area contributed by atoms with E-state index in [0.29, 0.717) is 13.0 Å². The fourth-order valence-corrected chi connectivity index (χ4v) is 2.55. The van der Waals surface area contributed by atoms with Gasteiger partial charge in [-0.05, 0) is 23.3 Å². The Morgan fingerprint density at radius 1 is 1.10 bits per heavy atom. The van der Waals surface area contributed by atoms with E-state index in [1.165, 1.54) is 5.56 Å². The molecule has 0 aromatic heterocycles. The van der Waals surface area contributed by atoms with Crippen molar-refractivity contribution in [3.05, 3.63) is 65.7 Å². The Balaban J connectivity index is 1.73. The average molecular weight is 267 g/mol. The van der Waals surface area contributed by atoms with Crippen molar-refractivity contribution in [2.24, 2.45) is 0 Å². The fraction of sp³-hybridized carbons (Fsp3) is 0.235. The lowest BCUT2D eigenvalue weighted by Crippen LogP contribution is -2.45. The number of hydrogen-bond donors (Lipinski definition) is 0. The lowest BCUT2D eigenvalue weighted by Gasteiger charge is -2.41. The van der Waals surface area contributed by atoms with Crippen LogP contribution in [-0.4, -0.2) is 17.9 Å². The quantitative estimate of drug-likeness (QED) is 0.796. The highest BCUT2D eigenvalue weighted by Gasteiger charge is 2.36. The molecule has 3 heteroatoms. The molecule has 102 valence electrons. The van der Waals surface area contributed by atoms with E-state index in [1.54, 1.807) is 7.11 Å². The van der Waals surface area contributed by atoms with Gasteiger partial charge in [-0.15, -0.1) is 0 Å². The zero-order valence-corrected chi connectivity index (χ0v) is 11.5. The van der Waals surface area contributed by atoms with Crippen LogP contribution in [0, 0.1) is 0 Å². The second-order valence-electron chi connectivity index (χ2n) is 5.00. The molecular formula is C17H17NO2. The van der Waals surface area contributed by atoms with Crippen LogP contribution in [0.15, 0.2) is 54.6 Å². The first-order valence-corrected chi connectivity index (χ1v) is 6.75. The van der Waals surface area contributed by atoms with Crippen LogP contribution >= 0.6 is 0 Å². The van der Waals surface area contributed by atoms with E-state index in [-0.39, 0.29) is 11.9 Å². The lowest BCUT2D eigenvalue weighted by atomic mass is 9.93. The first kappa shape index (κ1) is 12.7. The topological polar surface area (TPSA) is 29.5 Å². The summed E-state index contributed by atoms with van der Waals surface area (Å²) in [4.78, 5) is 13.8. The number of rotatable bonds is 4. The predicted molar refractivity (Wildman–Crippen MR) is 77.3 cm³/mol. The molecular weight excluding hydrogens is 250 g/mol. The summed E-state index contributed by atoms with van der Waals surface area (Å²) < 4.78 is 5.15. The van der Waals surface area contributed by atoms with Gasteiger partial charge in [-0.1, -0.05) is 42.5 Å². The fourth-order valence-electron chi connectivity index (χ4n) is 2.55. The van der Waals surface area contributed by atoms with Gasteiger partial charge in [0.25, 0.3) is 0 Å². The Morgan fingerprint density at radius 3 is 2.40 bits per heavy atom. The van der Waals surface area contributed by atoms with E-state index in [0.717, 1.165) is 11.3 Å². The number of benzene rings is 2. The molecule has 1 fully saturated rings. The molecule has 0 bridgehead atoms. The zero-order chi connectivity index (χ0) is 13.9. The second kappa shape index (κ2) is 5.37. The minimum Gasteiger partial charge on any atom is -0.497 e. The van der Waals surface area contributed by atoms with Crippen molar-refractivity contribution < 1.29 is 9.53 Å². The molecule has 20 heavy (non-hydrogen) atoms. The number of nitrogens with zero attached hydrogens (tertiary/aromatic N) is 1. The van der Waals surface area contributed by atoms with Crippen molar-refractivity contribution in [2.45, 2.75) is 19.0 Å². The van der Waals surface area contributed by atoms with Gasteiger partial charge in [-0.25, -0.2) is 0 Å². The van der Waals surface area contributed by atoms with Crippen molar-refractivity contribution >= 4 is 5.91 Å². The second-order valence-corrected chi connectivity index (χ2v) is 5.00. The molecule has 3 rings (SSSR count). The molecule has 2 aromatic rings. The highest BCUT2D eigenvalue weighted by atomic mass is 16.5. The molecule has 1 amide bonds. The van der Waals surface area contributed by atoms with Crippen LogP contribution < -0.4 is 4.74 Å². The van der Waals surface area contributed by atoms with Gasteiger partial charge >= 0.3 is 0 Å². The SMILES string of the molecule is COc1ccc(CN2C(=O)CC2c2ccccc2)cc1. The van der Waals surface area contributed by atoms with Gasteiger partial charge in [0.05, 0.1) is 19.6 Å². The summed E-state index contributed by atoms with van der Waals surface area (Å²) in [5.41, 5.74) is 2.33. The molecule has 3 nitrogen and oxygen atoms in total. The number of amides is 1. The van der Waals surface area contributed by atoms with Gasteiger partial charge in [0, 0.05) is 6.54 Å². The van der Waals surface area contributed by atoms with E-state index in [2.05, 4.69) is 12.1 Å². The summed E-state index contributed by atoms with van der Waals surface area (Å²) in [6.45, 7) is 0.655. The van der Waals surface area contributed by atoms with Crippen molar-refractivity contribution in [1.29, 1.82) is 0 Å². The summed E-state index contributed by atoms with van der Waals surface area (Å²) in [7, 11) is 1.65. The summed E-state index contributed by atoms with van der Waals surface area (Å²) in [5.74, 6) is 1.05. The molecule has 0 saturated carbocycles. The van der Waals surface area contributed by atoms with Gasteiger partial charge in [-0.3, -0.25) is 4.79 Å². The third-order valence-corrected chi connectivity index (χ3v) is 3.76. The van der Waals surface area contributed by atoms with Crippen LogP contribution in [0.1, 0.15) is 23.6 Å². The predicted octanol–water partition coefficient (Wildman–Crippen LogP) is 3.17. The maximum Gasteiger partial charge on any atom is 0.225 e. The Labute approximate surface area is 118 Å². The van der Waals surface area contributed by atoms with Crippen LogP contribution in [0.2, 0.25) is 0 Å². The van der Waals surface area contributed by atoms with Crippen molar-refractivity contribution in [3.8, 4) is 5.75 Å². The first-order chi connectivity index (χ1) is 9.78. The summed E-state index contributed by atoms with van der Waals surface area (Å²) >= 11 is 0. The Hall–Kier alpha value is -2.29. The van der Waals surface area contributed by atoms with Gasteiger partial charge < -0.3 is 9.64 Å². The van der Waals surface area contributed by atoms with Crippen LogP contribution in [0.4, 0.5) is 0 Å². The Kier molecular flexibility index (Phi) is 3.42. The minimum absolute atomic E-state index is 0.214.